The molecule has 2 aliphatic rings. The van der Waals surface area contributed by atoms with Crippen molar-refractivity contribution in [3.63, 3.8) is 0 Å². The van der Waals surface area contributed by atoms with Crippen LogP contribution in [0.15, 0.2) is 0 Å². The van der Waals surface area contributed by atoms with Crippen molar-refractivity contribution in [1.29, 1.82) is 0 Å². The van der Waals surface area contributed by atoms with E-state index in [1.807, 2.05) is 20.8 Å². The van der Waals surface area contributed by atoms with Gasteiger partial charge in [0.05, 0.1) is 5.60 Å². The Balaban J connectivity index is 2.29. The van der Waals surface area contributed by atoms with Gasteiger partial charge in [0, 0.05) is 6.42 Å². The van der Waals surface area contributed by atoms with Crippen LogP contribution in [0.4, 0.5) is 0 Å². The third-order valence-corrected chi connectivity index (χ3v) is 3.61. The van der Waals surface area contributed by atoms with E-state index in [1.165, 1.54) is 0 Å². The van der Waals surface area contributed by atoms with Crippen molar-refractivity contribution in [1.82, 2.24) is 0 Å². The van der Waals surface area contributed by atoms with E-state index in [2.05, 4.69) is 0 Å². The van der Waals surface area contributed by atoms with Gasteiger partial charge >= 0.3 is 0 Å². The van der Waals surface area contributed by atoms with Gasteiger partial charge < -0.3 is 9.47 Å². The van der Waals surface area contributed by atoms with Crippen LogP contribution in [0.3, 0.4) is 0 Å². The SMILES string of the molecule is CC1OC(C)(C)C2(CC2(Cl)Cl)O1. The van der Waals surface area contributed by atoms with Crippen LogP contribution in [0.25, 0.3) is 0 Å². The standard InChI is InChI=1S/C8H12Cl2O2/c1-5-11-6(2,3)7(12-5)4-8(7,9)10/h5H,4H2,1-3H3. The highest BCUT2D eigenvalue weighted by Crippen LogP contribution is 2.67. The average Bonchev–Trinajstić information content (AvgIpc) is 2.24. The zero-order chi connectivity index (χ0) is 9.20. The van der Waals surface area contributed by atoms with Crippen molar-refractivity contribution in [2.24, 2.45) is 0 Å². The Morgan fingerprint density at radius 3 is 1.92 bits per heavy atom. The van der Waals surface area contributed by atoms with E-state index in [-0.39, 0.29) is 11.9 Å². The highest BCUT2D eigenvalue weighted by Gasteiger charge is 2.78. The van der Waals surface area contributed by atoms with Crippen molar-refractivity contribution in [3.8, 4) is 0 Å². The largest absolute Gasteiger partial charge is 0.344 e. The molecule has 1 spiro atoms. The van der Waals surface area contributed by atoms with Crippen molar-refractivity contribution in [2.75, 3.05) is 0 Å². The van der Waals surface area contributed by atoms with E-state index in [0.29, 0.717) is 6.42 Å². The van der Waals surface area contributed by atoms with Gasteiger partial charge in [-0.2, -0.15) is 0 Å². The molecule has 2 fully saturated rings. The number of halogens is 2. The summed E-state index contributed by atoms with van der Waals surface area (Å²) < 4.78 is 10.4. The zero-order valence-electron chi connectivity index (χ0n) is 7.36. The molecule has 12 heavy (non-hydrogen) atoms. The average molecular weight is 211 g/mol. The maximum Gasteiger partial charge on any atom is 0.156 e. The molecule has 0 aromatic carbocycles. The summed E-state index contributed by atoms with van der Waals surface area (Å²) in [5.41, 5.74) is -0.863. The van der Waals surface area contributed by atoms with Crippen LogP contribution in [0.1, 0.15) is 27.2 Å². The maximum atomic E-state index is 6.01. The fourth-order valence-corrected chi connectivity index (χ4v) is 2.93. The van der Waals surface area contributed by atoms with Gasteiger partial charge in [-0.15, -0.1) is 0 Å². The molecule has 2 nitrogen and oxygen atoms in total. The minimum absolute atomic E-state index is 0.209. The molecule has 0 bridgehead atoms. The smallest absolute Gasteiger partial charge is 0.156 e. The van der Waals surface area contributed by atoms with Gasteiger partial charge in [-0.05, 0) is 20.8 Å². The minimum atomic E-state index is -0.763. The molecule has 1 saturated carbocycles. The Bertz CT molecular complexity index is 227. The predicted octanol–water partition coefficient (Wildman–Crippen LogP) is 2.47. The fraction of sp³-hybridized carbons (Fsp3) is 1.00. The molecule has 1 aliphatic heterocycles. The summed E-state index contributed by atoms with van der Waals surface area (Å²) in [6.07, 6.45) is 0.444. The third kappa shape index (κ3) is 0.897. The van der Waals surface area contributed by atoms with Crippen molar-refractivity contribution in [3.05, 3.63) is 0 Å². The van der Waals surface area contributed by atoms with E-state index in [1.54, 1.807) is 0 Å². The topological polar surface area (TPSA) is 18.5 Å². The Kier molecular flexibility index (Phi) is 1.60. The molecule has 1 saturated heterocycles. The van der Waals surface area contributed by atoms with Gasteiger partial charge in [-0.3, -0.25) is 0 Å². The van der Waals surface area contributed by atoms with Gasteiger partial charge in [-0.25, -0.2) is 0 Å². The Hall–Kier alpha value is 0.500. The normalized spacial score (nSPS) is 48.2. The first-order valence-corrected chi connectivity index (χ1v) is 4.80. The fourth-order valence-electron chi connectivity index (χ4n) is 2.01. The number of rotatable bonds is 0. The molecular weight excluding hydrogens is 199 g/mol. The summed E-state index contributed by atoms with van der Waals surface area (Å²) in [7, 11) is 0. The molecule has 0 N–H and O–H groups in total. The Labute approximate surface area is 82.1 Å². The molecule has 0 radical (unpaired) electrons. The molecule has 0 aromatic heterocycles. The van der Waals surface area contributed by atoms with Gasteiger partial charge in [-0.1, -0.05) is 23.2 Å². The minimum Gasteiger partial charge on any atom is -0.344 e. The first kappa shape index (κ1) is 9.07. The summed E-state index contributed by atoms with van der Waals surface area (Å²) in [4.78, 5) is 0. The van der Waals surface area contributed by atoms with Crippen LogP contribution < -0.4 is 0 Å². The molecule has 70 valence electrons. The molecule has 4 heteroatoms. The first-order chi connectivity index (χ1) is 5.31. The van der Waals surface area contributed by atoms with Crippen molar-refractivity contribution in [2.45, 2.75) is 49.0 Å². The van der Waals surface area contributed by atoms with Crippen molar-refractivity contribution >= 4 is 23.2 Å². The van der Waals surface area contributed by atoms with Gasteiger partial charge in [0.2, 0.25) is 0 Å². The lowest BCUT2D eigenvalue weighted by molar-refractivity contribution is -0.0675. The van der Waals surface area contributed by atoms with Crippen LogP contribution in [0, 0.1) is 0 Å². The lowest BCUT2D eigenvalue weighted by Gasteiger charge is -2.24. The predicted molar refractivity (Wildman–Crippen MR) is 47.5 cm³/mol. The summed E-state index contributed by atoms with van der Waals surface area (Å²) in [6, 6.07) is 0. The molecule has 0 aromatic rings. The van der Waals surface area contributed by atoms with Gasteiger partial charge in [0.15, 0.2) is 10.6 Å². The number of hydrogen-bond donors (Lipinski definition) is 0. The molecule has 0 amide bonds. The molecular formula is C8H12Cl2O2. The molecule has 2 atom stereocenters. The molecule has 2 rings (SSSR count). The summed E-state index contributed by atoms with van der Waals surface area (Å²) in [5, 5.41) is 0. The Morgan fingerprint density at radius 1 is 1.25 bits per heavy atom. The van der Waals surface area contributed by atoms with Crippen molar-refractivity contribution < 1.29 is 9.47 Å². The van der Waals surface area contributed by atoms with E-state index >= 15 is 0 Å². The van der Waals surface area contributed by atoms with E-state index in [9.17, 15) is 0 Å². The molecule has 1 aliphatic carbocycles. The van der Waals surface area contributed by atoms with E-state index < -0.39 is 9.93 Å². The molecule has 2 unspecified atom stereocenters. The highest BCUT2D eigenvalue weighted by molar-refractivity contribution is 6.52. The summed E-state index contributed by atoms with van der Waals surface area (Å²) in [5.74, 6) is 0. The Morgan fingerprint density at radius 2 is 1.75 bits per heavy atom. The van der Waals surface area contributed by atoms with Crippen LogP contribution in [0.2, 0.25) is 0 Å². The quantitative estimate of drug-likeness (QED) is 0.573. The van der Waals surface area contributed by atoms with Gasteiger partial charge in [0.25, 0.3) is 0 Å². The number of alkyl halides is 2. The van der Waals surface area contributed by atoms with Crippen LogP contribution in [0.5, 0.6) is 0 Å². The lowest BCUT2D eigenvalue weighted by atomic mass is 10.00. The van der Waals surface area contributed by atoms with Crippen LogP contribution in [-0.4, -0.2) is 21.8 Å². The summed E-state index contributed by atoms with van der Waals surface area (Å²) >= 11 is 12.0. The second kappa shape index (κ2) is 2.11. The van der Waals surface area contributed by atoms with Crippen LogP contribution in [-0.2, 0) is 9.47 Å². The molecule has 1 heterocycles. The zero-order valence-corrected chi connectivity index (χ0v) is 8.87. The highest BCUT2D eigenvalue weighted by atomic mass is 35.5. The van der Waals surface area contributed by atoms with E-state index in [4.69, 9.17) is 32.7 Å². The summed E-state index contributed by atoms with van der Waals surface area (Å²) in [6.45, 7) is 5.78. The van der Waals surface area contributed by atoms with Gasteiger partial charge in [0.1, 0.15) is 5.60 Å². The lowest BCUT2D eigenvalue weighted by Crippen LogP contribution is -2.39. The monoisotopic (exact) mass is 210 g/mol. The number of hydrogen-bond acceptors (Lipinski definition) is 2. The maximum absolute atomic E-state index is 6.01. The van der Waals surface area contributed by atoms with Crippen LogP contribution >= 0.6 is 23.2 Å². The third-order valence-electron chi connectivity index (χ3n) is 2.74. The second-order valence-corrected chi connectivity index (χ2v) is 5.51. The number of ether oxygens (including phenoxy) is 2. The second-order valence-electron chi connectivity index (χ2n) is 4.02. The van der Waals surface area contributed by atoms with E-state index in [0.717, 1.165) is 0 Å². The first-order valence-electron chi connectivity index (χ1n) is 4.04.